The molecule has 2 aromatic rings. The van der Waals surface area contributed by atoms with Crippen LogP contribution in [0.4, 0.5) is 0 Å². The molecule has 10 heteroatoms. The number of hydrogen-bond acceptors (Lipinski definition) is 4. The van der Waals surface area contributed by atoms with E-state index >= 15 is 0 Å². The van der Waals surface area contributed by atoms with Crippen LogP contribution in [0.2, 0.25) is 15.1 Å². The minimum Gasteiger partial charge on any atom is -0.496 e. The van der Waals surface area contributed by atoms with Crippen molar-refractivity contribution in [3.05, 3.63) is 57.0 Å². The van der Waals surface area contributed by atoms with Crippen molar-refractivity contribution in [2.24, 2.45) is 0 Å². The number of methoxy groups -OCH3 is 1. The first kappa shape index (κ1) is 21.2. The smallest absolute Gasteiger partial charge is 0.257 e. The van der Waals surface area contributed by atoms with Crippen LogP contribution in [0.15, 0.2) is 41.3 Å². The van der Waals surface area contributed by atoms with Gasteiger partial charge >= 0.3 is 0 Å². The fraction of sp³-hybridized carbons (Fsp3) is 0.278. The number of rotatable bonds is 4. The van der Waals surface area contributed by atoms with Gasteiger partial charge in [0.05, 0.1) is 22.7 Å². The molecule has 150 valence electrons. The third-order valence-corrected chi connectivity index (χ3v) is 7.56. The predicted molar refractivity (Wildman–Crippen MR) is 109 cm³/mol. The number of carbonyl (C=O) groups excluding carboxylic acids is 1. The zero-order valence-electron chi connectivity index (χ0n) is 14.9. The number of sulfonamides is 1. The minimum absolute atomic E-state index is 0.00802. The summed E-state index contributed by atoms with van der Waals surface area (Å²) >= 11 is 18.0. The van der Waals surface area contributed by atoms with Crippen LogP contribution in [0.3, 0.4) is 0 Å². The van der Waals surface area contributed by atoms with Crippen molar-refractivity contribution in [2.45, 2.75) is 4.90 Å². The minimum atomic E-state index is -3.82. The standard InChI is InChI=1S/C18H17Cl3N2O4S/c1-27-15-6-5-12(19)11-13(15)18(24)22-7-9-23(10-8-22)28(25,26)16-4-2-3-14(20)17(16)21/h2-6,11H,7-10H2,1H3. The number of halogens is 3. The van der Waals surface area contributed by atoms with E-state index in [2.05, 4.69) is 0 Å². The zero-order valence-corrected chi connectivity index (χ0v) is 17.9. The molecular formula is C18H17Cl3N2O4S. The number of nitrogens with zero attached hydrogens (tertiary/aromatic N) is 2. The van der Waals surface area contributed by atoms with Crippen LogP contribution in [0.1, 0.15) is 10.4 Å². The Kier molecular flexibility index (Phi) is 6.41. The highest BCUT2D eigenvalue weighted by Crippen LogP contribution is 2.31. The molecule has 0 aromatic heterocycles. The van der Waals surface area contributed by atoms with E-state index in [0.717, 1.165) is 0 Å². The molecule has 0 spiro atoms. The lowest BCUT2D eigenvalue weighted by molar-refractivity contribution is 0.0694. The van der Waals surface area contributed by atoms with Gasteiger partial charge in [0, 0.05) is 31.2 Å². The highest BCUT2D eigenvalue weighted by atomic mass is 35.5. The van der Waals surface area contributed by atoms with Gasteiger partial charge in [-0.3, -0.25) is 4.79 Å². The maximum Gasteiger partial charge on any atom is 0.257 e. The topological polar surface area (TPSA) is 66.9 Å². The van der Waals surface area contributed by atoms with E-state index in [1.54, 1.807) is 17.0 Å². The molecule has 0 aliphatic carbocycles. The predicted octanol–water partition coefficient (Wildman–Crippen LogP) is 3.80. The summed E-state index contributed by atoms with van der Waals surface area (Å²) in [6, 6.07) is 9.27. The molecule has 6 nitrogen and oxygen atoms in total. The van der Waals surface area contributed by atoms with Crippen molar-refractivity contribution in [3.63, 3.8) is 0 Å². The Morgan fingerprint density at radius 3 is 2.36 bits per heavy atom. The van der Waals surface area contributed by atoms with Crippen LogP contribution in [0, 0.1) is 0 Å². The fourth-order valence-electron chi connectivity index (χ4n) is 2.97. The van der Waals surface area contributed by atoms with Crippen LogP contribution in [-0.2, 0) is 10.0 Å². The summed E-state index contributed by atoms with van der Waals surface area (Å²) in [4.78, 5) is 14.4. The molecule has 0 radical (unpaired) electrons. The Morgan fingerprint density at radius 1 is 1.04 bits per heavy atom. The molecule has 28 heavy (non-hydrogen) atoms. The Labute approximate surface area is 178 Å². The summed E-state index contributed by atoms with van der Waals surface area (Å²) in [6.07, 6.45) is 0. The largest absolute Gasteiger partial charge is 0.496 e. The van der Waals surface area contributed by atoms with Gasteiger partial charge < -0.3 is 9.64 Å². The van der Waals surface area contributed by atoms with Gasteiger partial charge in [-0.1, -0.05) is 40.9 Å². The fourth-order valence-corrected chi connectivity index (χ4v) is 5.30. The monoisotopic (exact) mass is 462 g/mol. The first-order valence-electron chi connectivity index (χ1n) is 8.32. The molecule has 2 aromatic carbocycles. The van der Waals surface area contributed by atoms with Gasteiger partial charge in [0.25, 0.3) is 5.91 Å². The number of carbonyl (C=O) groups is 1. The van der Waals surface area contributed by atoms with E-state index in [0.29, 0.717) is 16.3 Å². The summed E-state index contributed by atoms with van der Waals surface area (Å²) in [5.74, 6) is 0.146. The average Bonchev–Trinajstić information content (AvgIpc) is 2.69. The molecule has 1 saturated heterocycles. The second kappa shape index (κ2) is 8.47. The van der Waals surface area contributed by atoms with E-state index in [9.17, 15) is 13.2 Å². The molecule has 0 N–H and O–H groups in total. The Bertz CT molecular complexity index is 1010. The van der Waals surface area contributed by atoms with Crippen molar-refractivity contribution >= 4 is 50.7 Å². The van der Waals surface area contributed by atoms with Gasteiger partial charge in [-0.15, -0.1) is 0 Å². The summed E-state index contributed by atoms with van der Waals surface area (Å²) in [7, 11) is -2.34. The van der Waals surface area contributed by atoms with Gasteiger partial charge in [-0.05, 0) is 30.3 Å². The van der Waals surface area contributed by atoms with E-state index < -0.39 is 10.0 Å². The van der Waals surface area contributed by atoms with Gasteiger partial charge in [0.2, 0.25) is 10.0 Å². The third kappa shape index (κ3) is 4.09. The summed E-state index contributed by atoms with van der Waals surface area (Å²) < 4.78 is 32.3. The molecule has 0 atom stereocenters. The van der Waals surface area contributed by atoms with Crippen LogP contribution in [0.25, 0.3) is 0 Å². The van der Waals surface area contributed by atoms with Crippen molar-refractivity contribution in [2.75, 3.05) is 33.3 Å². The number of piperazine rings is 1. The Balaban J connectivity index is 1.77. The van der Waals surface area contributed by atoms with Crippen molar-refractivity contribution < 1.29 is 17.9 Å². The Hall–Kier alpha value is -1.51. The molecule has 1 aliphatic rings. The maximum atomic E-state index is 12.9. The van der Waals surface area contributed by atoms with Crippen molar-refractivity contribution in [1.82, 2.24) is 9.21 Å². The first-order chi connectivity index (χ1) is 13.3. The van der Waals surface area contributed by atoms with Gasteiger partial charge in [-0.25, -0.2) is 8.42 Å². The van der Waals surface area contributed by atoms with Gasteiger partial charge in [0.15, 0.2) is 0 Å². The van der Waals surface area contributed by atoms with Crippen LogP contribution < -0.4 is 4.74 Å². The molecule has 0 bridgehead atoms. The molecule has 0 unspecified atom stereocenters. The van der Waals surface area contributed by atoms with Crippen LogP contribution in [-0.4, -0.2) is 56.8 Å². The van der Waals surface area contributed by atoms with Gasteiger partial charge in [0.1, 0.15) is 10.6 Å². The number of amides is 1. The molecule has 0 saturated carbocycles. The van der Waals surface area contributed by atoms with Crippen LogP contribution >= 0.6 is 34.8 Å². The lowest BCUT2D eigenvalue weighted by Gasteiger charge is -2.34. The lowest BCUT2D eigenvalue weighted by atomic mass is 10.1. The molecule has 1 aliphatic heterocycles. The van der Waals surface area contributed by atoms with E-state index in [4.69, 9.17) is 39.5 Å². The Morgan fingerprint density at radius 2 is 1.71 bits per heavy atom. The van der Waals surface area contributed by atoms with Crippen LogP contribution in [0.5, 0.6) is 5.75 Å². The second-order valence-corrected chi connectivity index (χ2v) is 9.22. The third-order valence-electron chi connectivity index (χ3n) is 4.45. The zero-order chi connectivity index (χ0) is 20.5. The highest BCUT2D eigenvalue weighted by molar-refractivity contribution is 7.89. The molecule has 1 fully saturated rings. The normalized spacial score (nSPS) is 15.5. The SMILES string of the molecule is COc1ccc(Cl)cc1C(=O)N1CCN(S(=O)(=O)c2cccc(Cl)c2Cl)CC1. The molecule has 1 heterocycles. The lowest BCUT2D eigenvalue weighted by Crippen LogP contribution is -2.50. The summed E-state index contributed by atoms with van der Waals surface area (Å²) in [6.45, 7) is 0.734. The van der Waals surface area contributed by atoms with E-state index in [1.807, 2.05) is 0 Å². The molecule has 1 amide bonds. The highest BCUT2D eigenvalue weighted by Gasteiger charge is 2.32. The van der Waals surface area contributed by atoms with Gasteiger partial charge in [-0.2, -0.15) is 4.31 Å². The number of hydrogen-bond donors (Lipinski definition) is 0. The quantitative estimate of drug-likeness (QED) is 0.692. The first-order valence-corrected chi connectivity index (χ1v) is 10.9. The van der Waals surface area contributed by atoms with E-state index in [-0.39, 0.29) is 47.0 Å². The summed E-state index contributed by atoms with van der Waals surface area (Å²) in [5, 5.41) is 0.580. The number of benzene rings is 2. The maximum absolute atomic E-state index is 12.9. The second-order valence-electron chi connectivity index (χ2n) is 6.09. The van der Waals surface area contributed by atoms with Crippen molar-refractivity contribution in [3.8, 4) is 5.75 Å². The average molecular weight is 464 g/mol. The molecule has 3 rings (SSSR count). The van der Waals surface area contributed by atoms with E-state index in [1.165, 1.54) is 35.7 Å². The van der Waals surface area contributed by atoms with Crippen molar-refractivity contribution in [1.29, 1.82) is 0 Å². The molecular weight excluding hydrogens is 447 g/mol. The number of ether oxygens (including phenoxy) is 1. The summed E-state index contributed by atoms with van der Waals surface area (Å²) in [5.41, 5.74) is 0.337.